The summed E-state index contributed by atoms with van der Waals surface area (Å²) < 4.78 is 0. The Labute approximate surface area is 60.2 Å². The van der Waals surface area contributed by atoms with Crippen molar-refractivity contribution >= 4 is 23.5 Å². The molecule has 0 aromatic rings. The molecule has 0 radical (unpaired) electrons. The minimum atomic E-state index is -0.134. The first-order valence-electron chi connectivity index (χ1n) is 2.45. The van der Waals surface area contributed by atoms with Crippen molar-refractivity contribution in [1.29, 1.82) is 0 Å². The maximum absolute atomic E-state index is 10.8. The molecule has 0 bridgehead atoms. The fraction of sp³-hybridized carbons (Fsp3) is 0.333. The van der Waals surface area contributed by atoms with Crippen molar-refractivity contribution in [1.82, 2.24) is 4.90 Å². The zero-order valence-corrected chi connectivity index (χ0v) is 6.36. The Hall–Kier alpha value is -0.700. The second-order valence-corrected chi connectivity index (χ2v) is 2.08. The number of carbonyl (C=O) groups excluding carboxylic acids is 1. The molecule has 0 rings (SSSR count). The van der Waals surface area contributed by atoms with E-state index in [-0.39, 0.29) is 5.91 Å². The Bertz CT molecular complexity index is 151. The molecule has 0 atom stereocenters. The second-order valence-electron chi connectivity index (χ2n) is 1.84. The molecule has 0 aliphatic heterocycles. The van der Waals surface area contributed by atoms with Gasteiger partial charge in [-0.3, -0.25) is 4.79 Å². The van der Waals surface area contributed by atoms with Crippen molar-refractivity contribution < 1.29 is 4.79 Å². The molecule has 0 spiro atoms. The Kier molecular flexibility index (Phi) is 3.09. The van der Waals surface area contributed by atoms with Crippen LogP contribution in [0.2, 0.25) is 0 Å². The Morgan fingerprint density at radius 2 is 2.11 bits per heavy atom. The first-order valence-corrected chi connectivity index (χ1v) is 2.92. The van der Waals surface area contributed by atoms with E-state index in [1.54, 1.807) is 14.1 Å². The molecule has 0 N–H and O–H groups in total. The number of hydrogen-bond donors (Lipinski definition) is 0. The predicted octanol–water partition coefficient (Wildman–Crippen LogP) is 0.630. The van der Waals surface area contributed by atoms with Crippen molar-refractivity contribution in [2.24, 2.45) is 0 Å². The Morgan fingerprint density at radius 3 is 2.22 bits per heavy atom. The third-order valence-electron chi connectivity index (χ3n) is 0.823. The van der Waals surface area contributed by atoms with Crippen molar-refractivity contribution in [3.05, 3.63) is 12.2 Å². The van der Waals surface area contributed by atoms with Crippen LogP contribution in [-0.4, -0.2) is 30.3 Å². The summed E-state index contributed by atoms with van der Waals surface area (Å²) >= 11 is 4.50. The summed E-state index contributed by atoms with van der Waals surface area (Å²) in [5, 5.41) is 1.28. The van der Waals surface area contributed by atoms with Crippen LogP contribution in [0.4, 0.5) is 0 Å². The van der Waals surface area contributed by atoms with E-state index in [9.17, 15) is 4.79 Å². The quantitative estimate of drug-likeness (QED) is 0.417. The van der Waals surface area contributed by atoms with E-state index in [0.717, 1.165) is 0 Å². The highest BCUT2D eigenvalue weighted by atomic mass is 32.1. The van der Waals surface area contributed by atoms with Crippen molar-refractivity contribution in [2.75, 3.05) is 14.1 Å². The second kappa shape index (κ2) is 3.35. The summed E-state index contributed by atoms with van der Waals surface area (Å²) in [6.45, 7) is 3.44. The molecule has 9 heavy (non-hydrogen) atoms. The SMILES string of the molecule is C=C(C=S)C(=O)N(C)C. The summed E-state index contributed by atoms with van der Waals surface area (Å²) in [6, 6.07) is 0. The van der Waals surface area contributed by atoms with E-state index in [1.807, 2.05) is 0 Å². The number of amides is 1. The van der Waals surface area contributed by atoms with Gasteiger partial charge in [-0.05, 0) is 0 Å². The third kappa shape index (κ3) is 2.37. The molecule has 0 fully saturated rings. The van der Waals surface area contributed by atoms with Crippen molar-refractivity contribution in [3.8, 4) is 0 Å². The van der Waals surface area contributed by atoms with Gasteiger partial charge in [0.2, 0.25) is 0 Å². The van der Waals surface area contributed by atoms with Crippen molar-refractivity contribution in [3.63, 3.8) is 0 Å². The van der Waals surface area contributed by atoms with Crippen LogP contribution >= 0.6 is 12.2 Å². The molecular weight excluding hydrogens is 134 g/mol. The predicted molar refractivity (Wildman–Crippen MR) is 41.5 cm³/mol. The van der Waals surface area contributed by atoms with E-state index in [1.165, 1.54) is 10.3 Å². The first kappa shape index (κ1) is 8.30. The minimum Gasteiger partial charge on any atom is -0.345 e. The molecule has 0 aromatic carbocycles. The van der Waals surface area contributed by atoms with Gasteiger partial charge in [-0.15, -0.1) is 0 Å². The molecule has 0 aliphatic carbocycles. The van der Waals surface area contributed by atoms with Crippen LogP contribution in [0.25, 0.3) is 0 Å². The summed E-state index contributed by atoms with van der Waals surface area (Å²) in [6.07, 6.45) is 0. The van der Waals surface area contributed by atoms with Crippen LogP contribution in [0.1, 0.15) is 0 Å². The number of thiocarbonyl (C=S) groups is 1. The van der Waals surface area contributed by atoms with Gasteiger partial charge in [0.15, 0.2) is 0 Å². The Balaban J connectivity index is 4.04. The number of hydrogen-bond acceptors (Lipinski definition) is 2. The van der Waals surface area contributed by atoms with E-state index in [0.29, 0.717) is 5.57 Å². The van der Waals surface area contributed by atoms with Gasteiger partial charge in [-0.2, -0.15) is 0 Å². The van der Waals surface area contributed by atoms with E-state index < -0.39 is 0 Å². The smallest absolute Gasteiger partial charge is 0.253 e. The van der Waals surface area contributed by atoms with Gasteiger partial charge in [-0.1, -0.05) is 18.8 Å². The summed E-state index contributed by atoms with van der Waals surface area (Å²) in [5.41, 5.74) is 0.356. The lowest BCUT2D eigenvalue weighted by Gasteiger charge is -2.07. The Morgan fingerprint density at radius 1 is 1.67 bits per heavy atom. The van der Waals surface area contributed by atoms with Gasteiger partial charge in [0.25, 0.3) is 5.91 Å². The highest BCUT2D eigenvalue weighted by molar-refractivity contribution is 7.79. The maximum Gasteiger partial charge on any atom is 0.253 e. The zero-order chi connectivity index (χ0) is 7.44. The highest BCUT2D eigenvalue weighted by Crippen LogP contribution is 1.90. The molecule has 0 unspecified atom stereocenters. The summed E-state index contributed by atoms with van der Waals surface area (Å²) in [7, 11) is 3.32. The number of carbonyl (C=O) groups is 1. The topological polar surface area (TPSA) is 20.3 Å². The molecule has 50 valence electrons. The fourth-order valence-corrected chi connectivity index (χ4v) is 0.438. The molecule has 0 aliphatic rings. The molecule has 0 saturated carbocycles. The molecule has 2 nitrogen and oxygen atoms in total. The largest absolute Gasteiger partial charge is 0.345 e. The van der Waals surface area contributed by atoms with Crippen LogP contribution in [0.15, 0.2) is 12.2 Å². The lowest BCUT2D eigenvalue weighted by atomic mass is 10.3. The number of rotatable bonds is 2. The third-order valence-corrected chi connectivity index (χ3v) is 1.11. The normalized spacial score (nSPS) is 8.22. The number of likely N-dealkylation sites (N-methyl/N-ethyl adjacent to an activating group) is 1. The lowest BCUT2D eigenvalue weighted by Crippen LogP contribution is -2.23. The molecule has 0 saturated heterocycles. The van der Waals surface area contributed by atoms with E-state index in [4.69, 9.17) is 0 Å². The van der Waals surface area contributed by atoms with Gasteiger partial charge in [0, 0.05) is 25.0 Å². The van der Waals surface area contributed by atoms with E-state index >= 15 is 0 Å². The van der Waals surface area contributed by atoms with Gasteiger partial charge in [0.1, 0.15) is 0 Å². The molecule has 1 amide bonds. The molecule has 0 aromatic heterocycles. The summed E-state index contributed by atoms with van der Waals surface area (Å²) in [4.78, 5) is 12.2. The molecule has 3 heteroatoms. The lowest BCUT2D eigenvalue weighted by molar-refractivity contribution is -0.124. The fourth-order valence-electron chi connectivity index (χ4n) is 0.338. The first-order chi connectivity index (χ1) is 4.09. The van der Waals surface area contributed by atoms with Crippen LogP contribution in [0, 0.1) is 0 Å². The van der Waals surface area contributed by atoms with Crippen LogP contribution < -0.4 is 0 Å². The van der Waals surface area contributed by atoms with E-state index in [2.05, 4.69) is 18.8 Å². The minimum absolute atomic E-state index is 0.134. The maximum atomic E-state index is 10.8. The van der Waals surface area contributed by atoms with Gasteiger partial charge in [0.05, 0.1) is 0 Å². The van der Waals surface area contributed by atoms with Crippen LogP contribution in [0.3, 0.4) is 0 Å². The summed E-state index contributed by atoms with van der Waals surface area (Å²) in [5.74, 6) is -0.134. The average Bonchev–Trinajstić information content (AvgIpc) is 1.84. The van der Waals surface area contributed by atoms with Gasteiger partial charge < -0.3 is 4.90 Å². The number of nitrogens with zero attached hydrogens (tertiary/aromatic N) is 1. The van der Waals surface area contributed by atoms with Crippen LogP contribution in [0.5, 0.6) is 0 Å². The van der Waals surface area contributed by atoms with Gasteiger partial charge in [-0.25, -0.2) is 0 Å². The molecule has 0 heterocycles. The average molecular weight is 143 g/mol. The monoisotopic (exact) mass is 143 g/mol. The van der Waals surface area contributed by atoms with Gasteiger partial charge >= 0.3 is 0 Å². The highest BCUT2D eigenvalue weighted by Gasteiger charge is 2.04. The zero-order valence-electron chi connectivity index (χ0n) is 5.55. The standard InChI is InChI=1S/C6H9NOS/c1-5(4-9)6(8)7(2)3/h4H,1H2,2-3H3. The van der Waals surface area contributed by atoms with Crippen molar-refractivity contribution in [2.45, 2.75) is 0 Å². The van der Waals surface area contributed by atoms with Crippen LogP contribution in [-0.2, 0) is 4.79 Å². The molecular formula is C6H9NOS.